The molecule has 0 aliphatic heterocycles. The van der Waals surface area contributed by atoms with Crippen molar-refractivity contribution in [1.29, 1.82) is 0 Å². The van der Waals surface area contributed by atoms with Crippen LogP contribution in [0.1, 0.15) is 0 Å². The van der Waals surface area contributed by atoms with Crippen LogP contribution in [0.15, 0.2) is 18.5 Å². The summed E-state index contributed by atoms with van der Waals surface area (Å²) in [5.74, 6) is 0.785. The number of fused-ring (bicyclic) bond motifs is 1. The van der Waals surface area contributed by atoms with Crippen molar-refractivity contribution in [2.75, 3.05) is 18.1 Å². The fourth-order valence-corrected chi connectivity index (χ4v) is 1.01. The Labute approximate surface area is 69.2 Å². The molecule has 2 heterocycles. The number of hydrogen-bond acceptors (Lipinski definition) is 4. The molecule has 0 saturated carbocycles. The van der Waals surface area contributed by atoms with Crippen LogP contribution in [0.3, 0.4) is 0 Å². The van der Waals surface area contributed by atoms with Gasteiger partial charge in [-0.3, -0.25) is 0 Å². The summed E-state index contributed by atoms with van der Waals surface area (Å²) in [7, 11) is 1.81. The van der Waals surface area contributed by atoms with Gasteiger partial charge in [-0.15, -0.1) is 5.10 Å². The van der Waals surface area contributed by atoms with Crippen molar-refractivity contribution in [2.24, 2.45) is 0 Å². The molecular formula is C7H9N5. The molecule has 0 saturated heterocycles. The van der Waals surface area contributed by atoms with Gasteiger partial charge in [-0.1, -0.05) is 0 Å². The summed E-state index contributed by atoms with van der Waals surface area (Å²) in [6, 6.07) is 1.85. The van der Waals surface area contributed by atoms with Gasteiger partial charge in [0.05, 0.1) is 18.1 Å². The van der Waals surface area contributed by atoms with Gasteiger partial charge < -0.3 is 11.1 Å². The third kappa shape index (κ3) is 0.952. The predicted octanol–water partition coefficient (Wildman–Crippen LogP) is 0.353. The molecule has 0 aliphatic carbocycles. The Balaban J connectivity index is 2.67. The lowest BCUT2D eigenvalue weighted by Crippen LogP contribution is -1.94. The number of nitrogens with zero attached hydrogens (tertiary/aromatic N) is 3. The Bertz CT molecular complexity index is 405. The van der Waals surface area contributed by atoms with Crippen molar-refractivity contribution in [3.8, 4) is 0 Å². The number of rotatable bonds is 1. The average molecular weight is 163 g/mol. The fourth-order valence-electron chi connectivity index (χ4n) is 1.01. The maximum atomic E-state index is 5.53. The zero-order chi connectivity index (χ0) is 8.55. The minimum absolute atomic E-state index is 0.605. The zero-order valence-corrected chi connectivity index (χ0v) is 6.65. The Kier molecular flexibility index (Phi) is 1.36. The van der Waals surface area contributed by atoms with Crippen molar-refractivity contribution in [3.63, 3.8) is 0 Å². The lowest BCUT2D eigenvalue weighted by Gasteiger charge is -1.92. The maximum absolute atomic E-state index is 5.53. The van der Waals surface area contributed by atoms with E-state index in [1.54, 1.807) is 16.9 Å². The molecule has 5 nitrogen and oxygen atoms in total. The first-order valence-electron chi connectivity index (χ1n) is 3.58. The summed E-state index contributed by atoms with van der Waals surface area (Å²) in [5.41, 5.74) is 6.92. The highest BCUT2D eigenvalue weighted by Crippen LogP contribution is 2.08. The molecule has 3 N–H and O–H groups in total. The van der Waals surface area contributed by atoms with Crippen LogP contribution in [0.5, 0.6) is 0 Å². The molecule has 0 bridgehead atoms. The first kappa shape index (κ1) is 6.90. The molecular weight excluding hydrogens is 154 g/mol. The van der Waals surface area contributed by atoms with Crippen LogP contribution >= 0.6 is 0 Å². The molecule has 0 unspecified atom stereocenters. The Morgan fingerprint density at radius 1 is 1.58 bits per heavy atom. The van der Waals surface area contributed by atoms with Crippen LogP contribution in [0.25, 0.3) is 5.65 Å². The van der Waals surface area contributed by atoms with Crippen molar-refractivity contribution >= 4 is 17.2 Å². The first-order valence-corrected chi connectivity index (χ1v) is 3.58. The molecule has 62 valence electrons. The molecule has 0 aliphatic rings. The van der Waals surface area contributed by atoms with Crippen LogP contribution in [0.4, 0.5) is 11.5 Å². The lowest BCUT2D eigenvalue weighted by molar-refractivity contribution is 0.944. The van der Waals surface area contributed by atoms with Crippen molar-refractivity contribution in [2.45, 2.75) is 0 Å². The molecule has 0 aromatic carbocycles. The van der Waals surface area contributed by atoms with E-state index in [1.165, 1.54) is 0 Å². The lowest BCUT2D eigenvalue weighted by atomic mass is 10.5. The van der Waals surface area contributed by atoms with E-state index in [2.05, 4.69) is 15.4 Å². The highest BCUT2D eigenvalue weighted by molar-refractivity contribution is 5.52. The molecule has 2 aromatic heterocycles. The third-order valence-corrected chi connectivity index (χ3v) is 1.59. The third-order valence-electron chi connectivity index (χ3n) is 1.59. The summed E-state index contributed by atoms with van der Waals surface area (Å²) in [4.78, 5) is 4.08. The second kappa shape index (κ2) is 2.37. The highest BCUT2D eigenvalue weighted by atomic mass is 15.3. The van der Waals surface area contributed by atoms with Gasteiger partial charge in [0, 0.05) is 13.1 Å². The standard InChI is InChI=1S/C7H9N5/c1-9-6-2-7-10-3-5(8)4-12(7)11-6/h2-4H,8H2,1H3,(H,9,11). The van der Waals surface area contributed by atoms with E-state index in [1.807, 2.05) is 13.1 Å². The highest BCUT2D eigenvalue weighted by Gasteiger charge is 1.99. The average Bonchev–Trinajstić information content (AvgIpc) is 2.46. The smallest absolute Gasteiger partial charge is 0.157 e. The summed E-state index contributed by atoms with van der Waals surface area (Å²) >= 11 is 0. The topological polar surface area (TPSA) is 68.2 Å². The molecule has 5 heteroatoms. The van der Waals surface area contributed by atoms with Crippen molar-refractivity contribution < 1.29 is 0 Å². The van der Waals surface area contributed by atoms with Gasteiger partial charge in [0.15, 0.2) is 5.65 Å². The predicted molar refractivity (Wildman–Crippen MR) is 46.9 cm³/mol. The number of nitrogen functional groups attached to an aromatic ring is 1. The number of nitrogens with one attached hydrogen (secondary N) is 1. The van der Waals surface area contributed by atoms with Gasteiger partial charge in [0.1, 0.15) is 5.82 Å². The molecule has 0 fully saturated rings. The van der Waals surface area contributed by atoms with Crippen LogP contribution in [0.2, 0.25) is 0 Å². The molecule has 2 rings (SSSR count). The Morgan fingerprint density at radius 3 is 3.17 bits per heavy atom. The summed E-state index contributed by atoms with van der Waals surface area (Å²) in [6.45, 7) is 0. The van der Waals surface area contributed by atoms with Crippen LogP contribution < -0.4 is 11.1 Å². The van der Waals surface area contributed by atoms with Gasteiger partial charge >= 0.3 is 0 Å². The van der Waals surface area contributed by atoms with Crippen molar-refractivity contribution in [3.05, 3.63) is 18.5 Å². The summed E-state index contributed by atoms with van der Waals surface area (Å²) < 4.78 is 1.64. The molecule has 0 amide bonds. The van der Waals surface area contributed by atoms with Gasteiger partial charge in [-0.25, -0.2) is 9.50 Å². The first-order chi connectivity index (χ1) is 5.79. The second-order valence-corrected chi connectivity index (χ2v) is 2.47. The minimum Gasteiger partial charge on any atom is -0.396 e. The number of hydrogen-bond donors (Lipinski definition) is 2. The van der Waals surface area contributed by atoms with E-state index in [-0.39, 0.29) is 0 Å². The van der Waals surface area contributed by atoms with Crippen LogP contribution in [0, 0.1) is 0 Å². The fraction of sp³-hybridized carbons (Fsp3) is 0.143. The van der Waals surface area contributed by atoms with E-state index < -0.39 is 0 Å². The Hall–Kier alpha value is -1.78. The number of aromatic nitrogens is 3. The van der Waals surface area contributed by atoms with Crippen molar-refractivity contribution in [1.82, 2.24) is 14.6 Å². The SMILES string of the molecule is CNc1cc2ncc(N)cn2n1. The van der Waals surface area contributed by atoms with Gasteiger partial charge in [-0.2, -0.15) is 0 Å². The summed E-state index contributed by atoms with van der Waals surface area (Å²) in [5, 5.41) is 7.08. The molecule has 0 radical (unpaired) electrons. The summed E-state index contributed by atoms with van der Waals surface area (Å²) in [6.07, 6.45) is 3.33. The largest absolute Gasteiger partial charge is 0.396 e. The van der Waals surface area contributed by atoms with Crippen LogP contribution in [-0.4, -0.2) is 21.6 Å². The monoisotopic (exact) mass is 163 g/mol. The van der Waals surface area contributed by atoms with Gasteiger partial charge in [0.2, 0.25) is 0 Å². The molecule has 0 atom stereocenters. The van der Waals surface area contributed by atoms with E-state index >= 15 is 0 Å². The van der Waals surface area contributed by atoms with E-state index in [0.29, 0.717) is 5.69 Å². The second-order valence-electron chi connectivity index (χ2n) is 2.47. The quantitative estimate of drug-likeness (QED) is 0.636. The van der Waals surface area contributed by atoms with Crippen LogP contribution in [-0.2, 0) is 0 Å². The molecule has 2 aromatic rings. The Morgan fingerprint density at radius 2 is 2.42 bits per heavy atom. The maximum Gasteiger partial charge on any atom is 0.157 e. The molecule has 12 heavy (non-hydrogen) atoms. The minimum atomic E-state index is 0.605. The number of nitrogens with two attached hydrogens (primary N) is 1. The zero-order valence-electron chi connectivity index (χ0n) is 6.65. The van der Waals surface area contributed by atoms with E-state index in [0.717, 1.165) is 11.5 Å². The van der Waals surface area contributed by atoms with E-state index in [9.17, 15) is 0 Å². The normalized spacial score (nSPS) is 10.4. The van der Waals surface area contributed by atoms with Gasteiger partial charge in [-0.05, 0) is 0 Å². The number of anilines is 2. The van der Waals surface area contributed by atoms with E-state index in [4.69, 9.17) is 5.73 Å². The molecule has 0 spiro atoms. The van der Waals surface area contributed by atoms with Gasteiger partial charge in [0.25, 0.3) is 0 Å².